The Bertz CT molecular complexity index is 532. The molecule has 0 unspecified atom stereocenters. The first-order valence-electron chi connectivity index (χ1n) is 13.3. The average Bonchev–Trinajstić information content (AvgIpc) is 2.66. The third-order valence-corrected chi connectivity index (χ3v) is 9.48. The molecule has 3 saturated heterocycles. The van der Waals surface area contributed by atoms with Crippen molar-refractivity contribution in [3.8, 4) is 0 Å². The van der Waals surface area contributed by atoms with Crippen LogP contribution in [0.25, 0.3) is 0 Å². The standard InChI is InChI=1S/C27H51N3/c1-25(2,3)23-11-15-29(16-12-23)24-7-13-27(14-8-24)20-28(21-27)19-22-9-17-30(18-10-22)26(4,5)6/h22-24H,7-21H2,1-6H3. The highest BCUT2D eigenvalue weighted by Gasteiger charge is 2.46. The lowest BCUT2D eigenvalue weighted by Gasteiger charge is -2.56. The van der Waals surface area contributed by atoms with Crippen LogP contribution in [0.2, 0.25) is 0 Å². The first kappa shape index (κ1) is 23.1. The molecule has 0 atom stereocenters. The van der Waals surface area contributed by atoms with Crippen molar-refractivity contribution in [3.05, 3.63) is 0 Å². The summed E-state index contributed by atoms with van der Waals surface area (Å²) in [5, 5.41) is 0. The van der Waals surface area contributed by atoms with E-state index < -0.39 is 0 Å². The van der Waals surface area contributed by atoms with Gasteiger partial charge in [-0.15, -0.1) is 0 Å². The van der Waals surface area contributed by atoms with Crippen LogP contribution in [0.5, 0.6) is 0 Å². The maximum atomic E-state index is 2.87. The normalized spacial score (nSPS) is 29.4. The Morgan fingerprint density at radius 3 is 1.80 bits per heavy atom. The van der Waals surface area contributed by atoms with E-state index in [2.05, 4.69) is 56.2 Å². The predicted octanol–water partition coefficient (Wildman–Crippen LogP) is 5.50. The van der Waals surface area contributed by atoms with Gasteiger partial charge in [0.1, 0.15) is 0 Å². The molecule has 0 aromatic carbocycles. The molecule has 0 N–H and O–H groups in total. The van der Waals surface area contributed by atoms with Crippen LogP contribution in [0.1, 0.15) is 92.9 Å². The highest BCUT2D eigenvalue weighted by molar-refractivity contribution is 5.00. The van der Waals surface area contributed by atoms with Gasteiger partial charge in [-0.1, -0.05) is 20.8 Å². The second kappa shape index (κ2) is 8.67. The highest BCUT2D eigenvalue weighted by atomic mass is 15.2. The molecule has 1 aliphatic carbocycles. The molecule has 30 heavy (non-hydrogen) atoms. The maximum absolute atomic E-state index is 2.87. The summed E-state index contributed by atoms with van der Waals surface area (Å²) in [5.41, 5.74) is 1.56. The maximum Gasteiger partial charge on any atom is 0.0125 e. The largest absolute Gasteiger partial charge is 0.302 e. The van der Waals surface area contributed by atoms with Gasteiger partial charge in [0, 0.05) is 31.2 Å². The summed E-state index contributed by atoms with van der Waals surface area (Å²) in [6.07, 6.45) is 11.6. The lowest BCUT2D eigenvalue weighted by molar-refractivity contribution is -0.0608. The fraction of sp³-hybridized carbons (Fsp3) is 1.00. The van der Waals surface area contributed by atoms with Gasteiger partial charge in [0.25, 0.3) is 0 Å². The number of piperidine rings is 2. The van der Waals surface area contributed by atoms with Crippen molar-refractivity contribution in [2.75, 3.05) is 45.8 Å². The van der Waals surface area contributed by atoms with E-state index in [4.69, 9.17) is 0 Å². The number of nitrogens with zero attached hydrogens (tertiary/aromatic N) is 3. The first-order valence-corrected chi connectivity index (χ1v) is 13.3. The fourth-order valence-corrected chi connectivity index (χ4v) is 7.21. The molecule has 4 fully saturated rings. The summed E-state index contributed by atoms with van der Waals surface area (Å²) < 4.78 is 0. The van der Waals surface area contributed by atoms with Gasteiger partial charge < -0.3 is 9.80 Å². The van der Waals surface area contributed by atoms with Crippen molar-refractivity contribution in [3.63, 3.8) is 0 Å². The minimum Gasteiger partial charge on any atom is -0.302 e. The van der Waals surface area contributed by atoms with Crippen LogP contribution in [0.15, 0.2) is 0 Å². The van der Waals surface area contributed by atoms with E-state index in [1.165, 1.54) is 97.2 Å². The molecule has 174 valence electrons. The summed E-state index contributed by atoms with van der Waals surface area (Å²) in [5.74, 6) is 1.88. The third-order valence-electron chi connectivity index (χ3n) is 9.48. The summed E-state index contributed by atoms with van der Waals surface area (Å²) in [6.45, 7) is 24.0. The van der Waals surface area contributed by atoms with E-state index in [0.29, 0.717) is 16.4 Å². The molecule has 0 radical (unpaired) electrons. The van der Waals surface area contributed by atoms with Crippen LogP contribution in [0.3, 0.4) is 0 Å². The summed E-state index contributed by atoms with van der Waals surface area (Å²) in [6, 6.07) is 0.896. The molecular formula is C27H51N3. The average molecular weight is 418 g/mol. The summed E-state index contributed by atoms with van der Waals surface area (Å²) in [7, 11) is 0. The monoisotopic (exact) mass is 417 g/mol. The van der Waals surface area contributed by atoms with Crippen LogP contribution in [-0.4, -0.2) is 72.1 Å². The van der Waals surface area contributed by atoms with E-state index >= 15 is 0 Å². The molecule has 1 saturated carbocycles. The molecule has 3 heterocycles. The van der Waals surface area contributed by atoms with E-state index in [-0.39, 0.29) is 0 Å². The zero-order valence-electron chi connectivity index (χ0n) is 21.2. The van der Waals surface area contributed by atoms with Crippen LogP contribution < -0.4 is 0 Å². The zero-order valence-corrected chi connectivity index (χ0v) is 21.2. The molecule has 3 nitrogen and oxygen atoms in total. The zero-order chi connectivity index (χ0) is 21.6. The molecule has 4 aliphatic rings. The molecule has 1 spiro atoms. The van der Waals surface area contributed by atoms with Crippen molar-refractivity contribution in [2.24, 2.45) is 22.7 Å². The Morgan fingerprint density at radius 1 is 0.733 bits per heavy atom. The van der Waals surface area contributed by atoms with Gasteiger partial charge >= 0.3 is 0 Å². The predicted molar refractivity (Wildman–Crippen MR) is 129 cm³/mol. The third kappa shape index (κ3) is 5.26. The summed E-state index contributed by atoms with van der Waals surface area (Å²) >= 11 is 0. The van der Waals surface area contributed by atoms with Crippen molar-refractivity contribution in [1.29, 1.82) is 0 Å². The quantitative estimate of drug-likeness (QED) is 0.600. The number of hydrogen-bond acceptors (Lipinski definition) is 3. The minimum absolute atomic E-state index is 0.354. The van der Waals surface area contributed by atoms with E-state index in [1.54, 1.807) is 0 Å². The van der Waals surface area contributed by atoms with Crippen molar-refractivity contribution in [2.45, 2.75) is 104 Å². The molecule has 3 aliphatic heterocycles. The van der Waals surface area contributed by atoms with Crippen LogP contribution in [0.4, 0.5) is 0 Å². The lowest BCUT2D eigenvalue weighted by atomic mass is 9.66. The van der Waals surface area contributed by atoms with Gasteiger partial charge in [0.2, 0.25) is 0 Å². The number of hydrogen-bond donors (Lipinski definition) is 0. The van der Waals surface area contributed by atoms with Crippen molar-refractivity contribution in [1.82, 2.24) is 14.7 Å². The Morgan fingerprint density at radius 2 is 1.30 bits per heavy atom. The van der Waals surface area contributed by atoms with Gasteiger partial charge in [-0.2, -0.15) is 0 Å². The smallest absolute Gasteiger partial charge is 0.0125 e. The molecular weight excluding hydrogens is 366 g/mol. The number of likely N-dealkylation sites (tertiary alicyclic amines) is 3. The molecule has 0 bridgehead atoms. The Balaban J connectivity index is 1.14. The molecule has 0 aromatic rings. The Labute approximate surface area is 187 Å². The first-order chi connectivity index (χ1) is 14.0. The van der Waals surface area contributed by atoms with Gasteiger partial charge in [-0.3, -0.25) is 4.90 Å². The summed E-state index contributed by atoms with van der Waals surface area (Å²) in [4.78, 5) is 8.37. The molecule has 0 amide bonds. The van der Waals surface area contributed by atoms with Crippen molar-refractivity contribution < 1.29 is 0 Å². The molecule has 3 heteroatoms. The van der Waals surface area contributed by atoms with Crippen LogP contribution in [-0.2, 0) is 0 Å². The van der Waals surface area contributed by atoms with Crippen LogP contribution >= 0.6 is 0 Å². The minimum atomic E-state index is 0.354. The van der Waals surface area contributed by atoms with Crippen molar-refractivity contribution >= 4 is 0 Å². The highest BCUT2D eigenvalue weighted by Crippen LogP contribution is 2.46. The van der Waals surface area contributed by atoms with Gasteiger partial charge in [-0.25, -0.2) is 0 Å². The second-order valence-corrected chi connectivity index (χ2v) is 13.7. The van der Waals surface area contributed by atoms with Gasteiger partial charge in [0.05, 0.1) is 0 Å². The van der Waals surface area contributed by atoms with E-state index in [0.717, 1.165) is 17.9 Å². The van der Waals surface area contributed by atoms with Gasteiger partial charge in [0.15, 0.2) is 0 Å². The fourth-order valence-electron chi connectivity index (χ4n) is 7.21. The Hall–Kier alpha value is -0.120. The van der Waals surface area contributed by atoms with E-state index in [1.807, 2.05) is 0 Å². The van der Waals surface area contributed by atoms with Crippen LogP contribution in [0, 0.1) is 22.7 Å². The Kier molecular flexibility index (Phi) is 6.66. The molecule has 4 rings (SSSR count). The molecule has 0 aromatic heterocycles. The SMILES string of the molecule is CC(C)(C)C1CCN(C2CCC3(CC2)CN(CC2CCN(C(C)(C)C)CC2)C3)CC1. The van der Waals surface area contributed by atoms with Gasteiger partial charge in [-0.05, 0) is 121 Å². The topological polar surface area (TPSA) is 9.72 Å². The lowest BCUT2D eigenvalue weighted by Crippen LogP contribution is -2.60. The second-order valence-electron chi connectivity index (χ2n) is 13.7. The number of rotatable bonds is 3. The van der Waals surface area contributed by atoms with E-state index in [9.17, 15) is 0 Å².